The van der Waals surface area contributed by atoms with E-state index in [2.05, 4.69) is 35.2 Å². The molecular weight excluding hydrogens is 713 g/mol. The van der Waals surface area contributed by atoms with Gasteiger partial charge in [0.1, 0.15) is 11.1 Å². The first kappa shape index (κ1) is 35.9. The van der Waals surface area contributed by atoms with Crippen molar-refractivity contribution in [3.05, 3.63) is 125 Å². The fourth-order valence-electron chi connectivity index (χ4n) is 11.4. The Morgan fingerprint density at radius 3 is 1.55 bits per heavy atom. The van der Waals surface area contributed by atoms with E-state index in [0.29, 0.717) is 6.42 Å². The number of nitrogens with zero attached hydrogens (tertiary/aromatic N) is 2. The Hall–Kier alpha value is -5.78. The standard InChI is InChI=1S/C45H42N2O9/c1-25(48)53-23-55-42(50)36-34-22-35(37(36)43(51)56-24-54-26(2)49)41-40(34)44(27-13-7-5-8-14-27)38-32-18-12-11-17-30(32)31-20-19-29(46(3)4)21-33(31)39(38)45(41,47(44)52)28-15-9-6-10-16-28/h5-21,34-37,40-41,52H,22-24H2,1-4H3/t34?,35?,36-,37-,40?,41?,44?,45?/m1/s1. The molecule has 11 heteroatoms. The second kappa shape index (κ2) is 13.2. The van der Waals surface area contributed by atoms with Crippen LogP contribution < -0.4 is 4.90 Å². The van der Waals surface area contributed by atoms with Gasteiger partial charge in [0.15, 0.2) is 0 Å². The number of carbonyl (C=O) groups excluding carboxylic acids is 4. The van der Waals surface area contributed by atoms with E-state index >= 15 is 0 Å². The number of benzene rings is 5. The highest BCUT2D eigenvalue weighted by atomic mass is 16.7. The van der Waals surface area contributed by atoms with Crippen molar-refractivity contribution in [2.24, 2.45) is 35.5 Å². The Morgan fingerprint density at radius 2 is 1.07 bits per heavy atom. The van der Waals surface area contributed by atoms with Gasteiger partial charge in [0.05, 0.1) is 11.8 Å². The predicted molar refractivity (Wildman–Crippen MR) is 205 cm³/mol. The van der Waals surface area contributed by atoms with Gasteiger partial charge in [-0.3, -0.25) is 19.2 Å². The molecule has 1 saturated heterocycles. The molecule has 2 aliphatic heterocycles. The average Bonchev–Trinajstić information content (AvgIpc) is 3.90. The Morgan fingerprint density at radius 1 is 0.625 bits per heavy atom. The number of hydroxylamine groups is 2. The lowest BCUT2D eigenvalue weighted by Crippen LogP contribution is -2.52. The quantitative estimate of drug-likeness (QED) is 0.100. The summed E-state index contributed by atoms with van der Waals surface area (Å²) in [7, 11) is 4.01. The van der Waals surface area contributed by atoms with Crippen LogP contribution in [-0.2, 0) is 49.2 Å². The SMILES string of the molecule is CC(=O)OCOC(=O)[C@@H]1C2CC(C3C2C2(c4ccccc4)c4c(c5cc(N(C)C)ccc5c5ccccc45)C3(c3ccccc3)N2O)[C@H]1C(=O)OCOC(C)=O. The second-order valence-corrected chi connectivity index (χ2v) is 15.6. The third kappa shape index (κ3) is 4.76. The first-order valence-corrected chi connectivity index (χ1v) is 18.9. The summed E-state index contributed by atoms with van der Waals surface area (Å²) in [5.41, 5.74) is 2.23. The first-order chi connectivity index (χ1) is 27.0. The molecule has 2 heterocycles. The molecule has 2 aliphatic carbocycles. The summed E-state index contributed by atoms with van der Waals surface area (Å²) in [6.07, 6.45) is 0.458. The van der Waals surface area contributed by atoms with Crippen molar-refractivity contribution >= 4 is 51.1 Å². The van der Waals surface area contributed by atoms with Crippen molar-refractivity contribution in [3.63, 3.8) is 0 Å². The molecular formula is C45H42N2O9. The highest BCUT2D eigenvalue weighted by molar-refractivity contribution is 6.13. The van der Waals surface area contributed by atoms with Gasteiger partial charge >= 0.3 is 23.9 Å². The van der Waals surface area contributed by atoms with Crippen molar-refractivity contribution in [2.75, 3.05) is 32.6 Å². The molecule has 4 aliphatic rings. The lowest BCUT2D eigenvalue weighted by atomic mass is 9.52. The van der Waals surface area contributed by atoms with E-state index in [4.69, 9.17) is 18.9 Å². The molecule has 2 saturated carbocycles. The summed E-state index contributed by atoms with van der Waals surface area (Å²) < 4.78 is 21.2. The number of hydrogen-bond donors (Lipinski definition) is 1. The summed E-state index contributed by atoms with van der Waals surface area (Å²) in [6, 6.07) is 34.7. The fraction of sp³-hybridized carbons (Fsp3) is 0.333. The van der Waals surface area contributed by atoms with E-state index in [1.807, 2.05) is 86.9 Å². The van der Waals surface area contributed by atoms with Crippen LogP contribution in [0.1, 0.15) is 42.5 Å². The van der Waals surface area contributed by atoms with Crippen molar-refractivity contribution in [2.45, 2.75) is 31.3 Å². The number of carbonyl (C=O) groups is 4. The Labute approximate surface area is 323 Å². The normalized spacial score (nSPS) is 28.2. The summed E-state index contributed by atoms with van der Waals surface area (Å²) in [6.45, 7) is 1.22. The van der Waals surface area contributed by atoms with E-state index in [1.54, 1.807) is 5.06 Å². The maximum Gasteiger partial charge on any atom is 0.312 e. The zero-order valence-corrected chi connectivity index (χ0v) is 31.5. The van der Waals surface area contributed by atoms with E-state index in [9.17, 15) is 24.4 Å². The van der Waals surface area contributed by atoms with Crippen LogP contribution in [0.5, 0.6) is 0 Å². The van der Waals surface area contributed by atoms with Gasteiger partial charge in [-0.15, -0.1) is 0 Å². The van der Waals surface area contributed by atoms with E-state index in [-0.39, 0.29) is 0 Å². The molecule has 0 amide bonds. The Bertz CT molecular complexity index is 2420. The molecule has 56 heavy (non-hydrogen) atoms. The van der Waals surface area contributed by atoms with Crippen molar-refractivity contribution < 1.29 is 43.3 Å². The van der Waals surface area contributed by atoms with Gasteiger partial charge in [-0.05, 0) is 86.0 Å². The molecule has 8 atom stereocenters. The van der Waals surface area contributed by atoms with Crippen LogP contribution in [0.3, 0.4) is 0 Å². The maximum atomic E-state index is 14.3. The zero-order chi connectivity index (χ0) is 39.1. The average molecular weight is 755 g/mol. The number of rotatable bonds is 9. The lowest BCUT2D eigenvalue weighted by molar-refractivity contribution is -0.194. The second-order valence-electron chi connectivity index (χ2n) is 15.6. The highest BCUT2D eigenvalue weighted by Gasteiger charge is 2.83. The topological polar surface area (TPSA) is 132 Å². The van der Waals surface area contributed by atoms with E-state index in [0.717, 1.165) is 49.5 Å². The summed E-state index contributed by atoms with van der Waals surface area (Å²) >= 11 is 0. The van der Waals surface area contributed by atoms with E-state index in [1.165, 1.54) is 13.8 Å². The number of hydrogen-bond acceptors (Lipinski definition) is 11. The number of esters is 4. The van der Waals surface area contributed by atoms with Crippen LogP contribution in [0.4, 0.5) is 5.69 Å². The van der Waals surface area contributed by atoms with Crippen LogP contribution in [-0.4, -0.2) is 61.8 Å². The molecule has 9 rings (SSSR count). The first-order valence-electron chi connectivity index (χ1n) is 18.9. The number of ether oxygens (including phenoxy) is 4. The minimum Gasteiger partial charge on any atom is -0.428 e. The van der Waals surface area contributed by atoms with Crippen LogP contribution in [0.15, 0.2) is 103 Å². The molecule has 0 spiro atoms. The molecule has 6 unspecified atom stereocenters. The predicted octanol–water partition coefficient (Wildman–Crippen LogP) is 6.51. The summed E-state index contributed by atoms with van der Waals surface area (Å²) in [4.78, 5) is 54.1. The van der Waals surface area contributed by atoms with Crippen molar-refractivity contribution in [1.82, 2.24) is 5.06 Å². The van der Waals surface area contributed by atoms with Gasteiger partial charge in [-0.1, -0.05) is 91.0 Å². The molecule has 4 bridgehead atoms. The Kier molecular flexibility index (Phi) is 8.44. The van der Waals surface area contributed by atoms with E-state index < -0.39 is 84.0 Å². The number of anilines is 1. The van der Waals surface area contributed by atoms with Crippen LogP contribution in [0.25, 0.3) is 21.5 Å². The van der Waals surface area contributed by atoms with Crippen LogP contribution in [0, 0.1) is 35.5 Å². The fourth-order valence-corrected chi connectivity index (χ4v) is 11.4. The van der Waals surface area contributed by atoms with Gasteiger partial charge in [0.25, 0.3) is 0 Å². The largest absolute Gasteiger partial charge is 0.428 e. The zero-order valence-electron chi connectivity index (χ0n) is 31.5. The maximum absolute atomic E-state index is 14.3. The highest BCUT2D eigenvalue weighted by Crippen LogP contribution is 2.80. The van der Waals surface area contributed by atoms with Gasteiger partial charge in [0, 0.05) is 33.6 Å². The third-order valence-corrected chi connectivity index (χ3v) is 13.0. The summed E-state index contributed by atoms with van der Waals surface area (Å²) in [5, 5.41) is 19.3. The molecule has 3 fully saturated rings. The monoisotopic (exact) mass is 754 g/mol. The molecule has 5 aromatic carbocycles. The molecule has 5 aromatic rings. The Balaban J connectivity index is 1.38. The van der Waals surface area contributed by atoms with Crippen LogP contribution in [0.2, 0.25) is 0 Å². The smallest absolute Gasteiger partial charge is 0.312 e. The third-order valence-electron chi connectivity index (χ3n) is 13.0. The minimum atomic E-state index is -1.20. The molecule has 0 radical (unpaired) electrons. The molecule has 1 N–H and O–H groups in total. The van der Waals surface area contributed by atoms with Gasteiger partial charge < -0.3 is 29.1 Å². The van der Waals surface area contributed by atoms with Gasteiger partial charge in [-0.2, -0.15) is 5.06 Å². The van der Waals surface area contributed by atoms with Gasteiger partial charge in [0.2, 0.25) is 13.6 Å². The molecule has 0 aromatic heterocycles. The van der Waals surface area contributed by atoms with Crippen molar-refractivity contribution in [1.29, 1.82) is 0 Å². The summed E-state index contributed by atoms with van der Waals surface area (Å²) in [5.74, 6) is -6.47. The van der Waals surface area contributed by atoms with Gasteiger partial charge in [-0.25, -0.2) is 0 Å². The van der Waals surface area contributed by atoms with Crippen LogP contribution >= 0.6 is 0 Å². The molecule has 286 valence electrons. The minimum absolute atomic E-state index is 0.408. The van der Waals surface area contributed by atoms with Crippen molar-refractivity contribution in [3.8, 4) is 0 Å². The number of fused-ring (bicyclic) bond motifs is 17. The molecule has 11 nitrogen and oxygen atoms in total. The lowest BCUT2D eigenvalue weighted by Gasteiger charge is -2.48.